The lowest BCUT2D eigenvalue weighted by molar-refractivity contribution is -0.131. The Morgan fingerprint density at radius 2 is 2.10 bits per heavy atom. The molecule has 1 aromatic heterocycles. The van der Waals surface area contributed by atoms with E-state index < -0.39 is 6.04 Å². The third kappa shape index (κ3) is 4.16. The fourth-order valence-corrected chi connectivity index (χ4v) is 3.49. The van der Waals surface area contributed by atoms with E-state index in [-0.39, 0.29) is 5.91 Å². The fraction of sp³-hybridized carbons (Fsp3) is 0.267. The zero-order valence-corrected chi connectivity index (χ0v) is 13.7. The van der Waals surface area contributed by atoms with E-state index >= 15 is 0 Å². The normalized spacial score (nSPS) is 12.2. The minimum Gasteiger partial charge on any atom is -0.339 e. The molecule has 106 valence electrons. The summed E-state index contributed by atoms with van der Waals surface area (Å²) in [5.74, 6) is -0.0293. The number of nitrogens with two attached hydrogens (primary N) is 1. The summed E-state index contributed by atoms with van der Waals surface area (Å²) in [5, 5.41) is 2.01. The molecule has 0 aliphatic rings. The van der Waals surface area contributed by atoms with Crippen molar-refractivity contribution in [1.29, 1.82) is 0 Å². The summed E-state index contributed by atoms with van der Waals surface area (Å²) >= 11 is 5.04. The third-order valence-corrected chi connectivity index (χ3v) is 4.69. The second kappa shape index (κ2) is 7.02. The predicted octanol–water partition coefficient (Wildman–Crippen LogP) is 3.04. The number of rotatable bonds is 5. The van der Waals surface area contributed by atoms with Gasteiger partial charge in [0.1, 0.15) is 0 Å². The predicted molar refractivity (Wildman–Crippen MR) is 86.6 cm³/mol. The molecule has 0 spiro atoms. The Hall–Kier alpha value is -1.17. The molecule has 1 atom stereocenters. The molecule has 1 amide bonds. The highest BCUT2D eigenvalue weighted by atomic mass is 79.9. The second-order valence-electron chi connectivity index (χ2n) is 4.72. The maximum absolute atomic E-state index is 12.3. The topological polar surface area (TPSA) is 46.3 Å². The monoisotopic (exact) mass is 352 g/mol. The number of halogens is 1. The first-order chi connectivity index (χ1) is 9.56. The summed E-state index contributed by atoms with van der Waals surface area (Å²) in [7, 11) is 1.79. The zero-order valence-electron chi connectivity index (χ0n) is 11.3. The van der Waals surface area contributed by atoms with Crippen molar-refractivity contribution < 1.29 is 4.79 Å². The van der Waals surface area contributed by atoms with Gasteiger partial charge in [-0.1, -0.05) is 30.3 Å². The maximum atomic E-state index is 12.3. The van der Waals surface area contributed by atoms with Crippen LogP contribution in [0.15, 0.2) is 46.3 Å². The van der Waals surface area contributed by atoms with Crippen molar-refractivity contribution in [2.24, 2.45) is 5.73 Å². The van der Waals surface area contributed by atoms with E-state index in [0.29, 0.717) is 13.0 Å². The number of likely N-dealkylation sites (N-methyl/N-ethyl adjacent to an activating group) is 1. The van der Waals surface area contributed by atoms with Gasteiger partial charge in [0.05, 0.1) is 12.6 Å². The van der Waals surface area contributed by atoms with Crippen molar-refractivity contribution in [3.8, 4) is 0 Å². The van der Waals surface area contributed by atoms with Gasteiger partial charge in [-0.15, -0.1) is 11.3 Å². The van der Waals surface area contributed by atoms with Crippen molar-refractivity contribution in [2.45, 2.75) is 19.0 Å². The Morgan fingerprint density at radius 1 is 1.40 bits per heavy atom. The molecule has 0 unspecified atom stereocenters. The van der Waals surface area contributed by atoms with Crippen LogP contribution in [-0.4, -0.2) is 23.9 Å². The van der Waals surface area contributed by atoms with E-state index in [1.807, 2.05) is 41.8 Å². The van der Waals surface area contributed by atoms with Crippen LogP contribution in [0.25, 0.3) is 0 Å². The van der Waals surface area contributed by atoms with Crippen LogP contribution in [0.1, 0.15) is 10.4 Å². The zero-order chi connectivity index (χ0) is 14.5. The van der Waals surface area contributed by atoms with Crippen LogP contribution in [0, 0.1) is 0 Å². The lowest BCUT2D eigenvalue weighted by Gasteiger charge is -2.20. The number of carbonyl (C=O) groups excluding carboxylic acids is 1. The van der Waals surface area contributed by atoms with Crippen LogP contribution < -0.4 is 5.73 Å². The average molecular weight is 353 g/mol. The Labute approximate surface area is 131 Å². The molecule has 0 saturated carbocycles. The number of hydrogen-bond donors (Lipinski definition) is 1. The molecule has 0 saturated heterocycles. The van der Waals surface area contributed by atoms with Crippen LogP contribution in [0.5, 0.6) is 0 Å². The number of thiophene rings is 1. The van der Waals surface area contributed by atoms with Gasteiger partial charge in [-0.05, 0) is 34.0 Å². The van der Waals surface area contributed by atoms with Crippen molar-refractivity contribution in [3.05, 3.63) is 56.7 Å². The van der Waals surface area contributed by atoms with Crippen LogP contribution in [0.4, 0.5) is 0 Å². The standard InChI is InChI=1S/C15H17BrN2OS/c1-18(9-13-8-12(16)10-20-13)15(19)14(17)7-11-5-3-2-4-6-11/h2-6,8,10,14H,7,9,17H2,1H3/t14-/m1/s1. The average Bonchev–Trinajstić information content (AvgIpc) is 2.84. The van der Waals surface area contributed by atoms with E-state index in [2.05, 4.69) is 15.9 Å². The van der Waals surface area contributed by atoms with E-state index in [0.717, 1.165) is 14.9 Å². The number of hydrogen-bond acceptors (Lipinski definition) is 3. The Morgan fingerprint density at radius 3 is 2.70 bits per heavy atom. The van der Waals surface area contributed by atoms with Gasteiger partial charge in [0.15, 0.2) is 0 Å². The first-order valence-electron chi connectivity index (χ1n) is 6.33. The molecular weight excluding hydrogens is 336 g/mol. The van der Waals surface area contributed by atoms with Gasteiger partial charge >= 0.3 is 0 Å². The maximum Gasteiger partial charge on any atom is 0.239 e. The minimum atomic E-state index is -0.495. The number of nitrogens with zero attached hydrogens (tertiary/aromatic N) is 1. The summed E-state index contributed by atoms with van der Waals surface area (Å²) in [5.41, 5.74) is 7.10. The minimum absolute atomic E-state index is 0.0293. The molecule has 0 radical (unpaired) electrons. The summed E-state index contributed by atoms with van der Waals surface area (Å²) in [6.45, 7) is 0.595. The Bertz CT molecular complexity index is 570. The van der Waals surface area contributed by atoms with Crippen molar-refractivity contribution >= 4 is 33.2 Å². The van der Waals surface area contributed by atoms with Gasteiger partial charge in [-0.25, -0.2) is 0 Å². The van der Waals surface area contributed by atoms with Gasteiger partial charge in [0, 0.05) is 21.8 Å². The number of carbonyl (C=O) groups is 1. The molecule has 0 bridgehead atoms. The summed E-state index contributed by atoms with van der Waals surface area (Å²) in [6, 6.07) is 11.4. The second-order valence-corrected chi connectivity index (χ2v) is 6.63. The van der Waals surface area contributed by atoms with Gasteiger partial charge in [-0.2, -0.15) is 0 Å². The number of benzene rings is 1. The Kier molecular flexibility index (Phi) is 5.34. The molecule has 2 rings (SSSR count). The molecule has 0 aliphatic heterocycles. The van der Waals surface area contributed by atoms with Crippen molar-refractivity contribution in [3.63, 3.8) is 0 Å². The van der Waals surface area contributed by atoms with Gasteiger partial charge < -0.3 is 10.6 Å². The van der Waals surface area contributed by atoms with Crippen LogP contribution >= 0.6 is 27.3 Å². The molecule has 1 aromatic carbocycles. The first-order valence-corrected chi connectivity index (χ1v) is 8.01. The lowest BCUT2D eigenvalue weighted by Crippen LogP contribution is -2.42. The highest BCUT2D eigenvalue weighted by molar-refractivity contribution is 9.10. The van der Waals surface area contributed by atoms with E-state index in [1.54, 1.807) is 23.3 Å². The molecule has 2 N–H and O–H groups in total. The summed E-state index contributed by atoms with van der Waals surface area (Å²) in [6.07, 6.45) is 0.568. The summed E-state index contributed by atoms with van der Waals surface area (Å²) in [4.78, 5) is 15.1. The number of amides is 1. The molecule has 1 heterocycles. The highest BCUT2D eigenvalue weighted by Gasteiger charge is 2.18. The van der Waals surface area contributed by atoms with Crippen molar-refractivity contribution in [2.75, 3.05) is 7.05 Å². The van der Waals surface area contributed by atoms with E-state index in [1.165, 1.54) is 0 Å². The Balaban J connectivity index is 1.92. The van der Waals surface area contributed by atoms with Gasteiger partial charge in [0.2, 0.25) is 5.91 Å². The smallest absolute Gasteiger partial charge is 0.239 e. The fourth-order valence-electron chi connectivity index (χ4n) is 1.99. The largest absolute Gasteiger partial charge is 0.339 e. The SMILES string of the molecule is CN(Cc1cc(Br)cs1)C(=O)[C@H](N)Cc1ccccc1. The molecule has 0 aliphatic carbocycles. The molecule has 20 heavy (non-hydrogen) atoms. The molecule has 2 aromatic rings. The van der Waals surface area contributed by atoms with E-state index in [9.17, 15) is 4.79 Å². The molecule has 5 heteroatoms. The van der Waals surface area contributed by atoms with Crippen LogP contribution in [-0.2, 0) is 17.8 Å². The first kappa shape index (κ1) is 15.2. The van der Waals surface area contributed by atoms with E-state index in [4.69, 9.17) is 5.73 Å². The van der Waals surface area contributed by atoms with Gasteiger partial charge in [0.25, 0.3) is 0 Å². The third-order valence-electron chi connectivity index (χ3n) is 3.01. The van der Waals surface area contributed by atoms with Crippen LogP contribution in [0.3, 0.4) is 0 Å². The van der Waals surface area contributed by atoms with Crippen LogP contribution in [0.2, 0.25) is 0 Å². The van der Waals surface area contributed by atoms with Crippen molar-refractivity contribution in [1.82, 2.24) is 4.90 Å². The van der Waals surface area contributed by atoms with Gasteiger partial charge in [-0.3, -0.25) is 4.79 Å². The summed E-state index contributed by atoms with van der Waals surface area (Å²) < 4.78 is 1.05. The molecular formula is C15H17BrN2OS. The molecule has 0 fully saturated rings. The highest BCUT2D eigenvalue weighted by Crippen LogP contribution is 2.21. The molecule has 3 nitrogen and oxygen atoms in total. The quantitative estimate of drug-likeness (QED) is 0.898. The lowest BCUT2D eigenvalue weighted by atomic mass is 10.1.